The molecule has 0 aromatic carbocycles. The summed E-state index contributed by atoms with van der Waals surface area (Å²) < 4.78 is -0.147. The van der Waals surface area contributed by atoms with Crippen LogP contribution < -0.4 is 5.32 Å². The third-order valence-electron chi connectivity index (χ3n) is 0.524. The quantitative estimate of drug-likeness (QED) is 0.294. The van der Waals surface area contributed by atoms with Crippen molar-refractivity contribution in [1.82, 2.24) is 5.32 Å². The molecule has 4 nitrogen and oxygen atoms in total. The van der Waals surface area contributed by atoms with E-state index in [-0.39, 0.29) is 4.05 Å². The van der Waals surface area contributed by atoms with Crippen LogP contribution in [0.15, 0.2) is 0 Å². The number of halogens is 1. The van der Waals surface area contributed by atoms with E-state index in [1.807, 2.05) is 22.6 Å². The van der Waals surface area contributed by atoms with Crippen molar-refractivity contribution in [3.05, 3.63) is 0 Å². The second-order valence-electron chi connectivity index (χ2n) is 1.39. The molecular weight excluding hydrogens is 237 g/mol. The van der Waals surface area contributed by atoms with Crippen LogP contribution in [0.25, 0.3) is 0 Å². The van der Waals surface area contributed by atoms with Crippen LogP contribution in [0.2, 0.25) is 0 Å². The fourth-order valence-electron chi connectivity index (χ4n) is 0.242. The molecule has 0 aliphatic carbocycles. The number of carbonyl (C=O) groups excluding carboxylic acids is 1. The molecule has 5 heteroatoms. The Hall–Kier alpha value is -0.330. The average molecular weight is 243 g/mol. The lowest BCUT2D eigenvalue weighted by molar-refractivity contribution is -0.150. The van der Waals surface area contributed by atoms with Gasteiger partial charge in [-0.15, -0.1) is 0 Å². The smallest absolute Gasteiger partial charge is 0.394 e. The normalized spacial score (nSPS) is 12.2. The monoisotopic (exact) mass is 243 g/mol. The van der Waals surface area contributed by atoms with Crippen molar-refractivity contribution < 1.29 is 14.7 Å². The molecule has 0 heterocycles. The number of hydrogen-bond acceptors (Lipinski definition) is 2. The minimum absolute atomic E-state index is 0.147. The summed E-state index contributed by atoms with van der Waals surface area (Å²) in [4.78, 5) is 20.1. The van der Waals surface area contributed by atoms with Crippen molar-refractivity contribution >= 4 is 34.5 Å². The summed E-state index contributed by atoms with van der Waals surface area (Å²) >= 11 is 1.90. The van der Waals surface area contributed by atoms with Crippen LogP contribution in [0.5, 0.6) is 0 Å². The summed E-state index contributed by atoms with van der Waals surface area (Å²) in [6.45, 7) is 1.68. The molecule has 0 aliphatic rings. The summed E-state index contributed by atoms with van der Waals surface area (Å²) in [6, 6.07) is 0. The number of amides is 1. The van der Waals surface area contributed by atoms with E-state index in [9.17, 15) is 9.59 Å². The van der Waals surface area contributed by atoms with Gasteiger partial charge >= 0.3 is 11.9 Å². The topological polar surface area (TPSA) is 66.4 Å². The van der Waals surface area contributed by atoms with E-state index < -0.39 is 11.9 Å². The van der Waals surface area contributed by atoms with Gasteiger partial charge in [0.15, 0.2) is 0 Å². The zero-order valence-corrected chi connectivity index (χ0v) is 6.88. The fraction of sp³-hybridized carbons (Fsp3) is 0.500. The number of alkyl halides is 1. The lowest BCUT2D eigenvalue weighted by atomic mass is 10.6. The first-order chi connectivity index (χ1) is 4.04. The second kappa shape index (κ2) is 3.65. The molecule has 0 rings (SSSR count). The molecule has 0 aromatic rings. The van der Waals surface area contributed by atoms with Crippen molar-refractivity contribution in [2.45, 2.75) is 11.0 Å². The largest absolute Gasteiger partial charge is 0.474 e. The molecule has 2 N–H and O–H groups in total. The molecule has 0 aromatic heterocycles. The molecule has 0 saturated heterocycles. The van der Waals surface area contributed by atoms with Crippen LogP contribution in [0.1, 0.15) is 6.92 Å². The third-order valence-corrected chi connectivity index (χ3v) is 0.836. The molecule has 0 spiro atoms. The van der Waals surface area contributed by atoms with Crippen molar-refractivity contribution in [2.24, 2.45) is 0 Å². The molecule has 9 heavy (non-hydrogen) atoms. The molecule has 1 atom stereocenters. The van der Waals surface area contributed by atoms with Crippen molar-refractivity contribution in [3.8, 4) is 0 Å². The van der Waals surface area contributed by atoms with Crippen LogP contribution in [0, 0.1) is 0 Å². The zero-order chi connectivity index (χ0) is 7.44. The van der Waals surface area contributed by atoms with Gasteiger partial charge in [-0.1, -0.05) is 22.6 Å². The number of aliphatic carboxylic acids is 1. The Labute approximate surface area is 65.8 Å². The highest BCUT2D eigenvalue weighted by Crippen LogP contribution is 1.90. The van der Waals surface area contributed by atoms with E-state index in [2.05, 4.69) is 5.32 Å². The zero-order valence-electron chi connectivity index (χ0n) is 4.72. The van der Waals surface area contributed by atoms with Crippen LogP contribution in [0.4, 0.5) is 0 Å². The van der Waals surface area contributed by atoms with Gasteiger partial charge in [0.05, 0.1) is 4.05 Å². The number of carboxylic acid groups (broad SMARTS) is 1. The number of carboxylic acids is 1. The van der Waals surface area contributed by atoms with Gasteiger partial charge < -0.3 is 10.4 Å². The molecule has 0 fully saturated rings. The van der Waals surface area contributed by atoms with E-state index >= 15 is 0 Å². The highest BCUT2D eigenvalue weighted by Gasteiger charge is 2.11. The van der Waals surface area contributed by atoms with Gasteiger partial charge in [0.2, 0.25) is 0 Å². The van der Waals surface area contributed by atoms with Crippen LogP contribution in [-0.2, 0) is 9.59 Å². The van der Waals surface area contributed by atoms with E-state index in [0.717, 1.165) is 0 Å². The van der Waals surface area contributed by atoms with E-state index in [4.69, 9.17) is 5.11 Å². The minimum Gasteiger partial charge on any atom is -0.474 e. The molecule has 1 amide bonds. The predicted molar refractivity (Wildman–Crippen MR) is 39.3 cm³/mol. The summed E-state index contributed by atoms with van der Waals surface area (Å²) in [5, 5.41) is 10.2. The first-order valence-electron chi connectivity index (χ1n) is 2.22. The maximum atomic E-state index is 10.2. The van der Waals surface area contributed by atoms with Gasteiger partial charge in [0, 0.05) is 0 Å². The van der Waals surface area contributed by atoms with Crippen molar-refractivity contribution in [1.29, 1.82) is 0 Å². The third kappa shape index (κ3) is 4.19. The van der Waals surface area contributed by atoms with Gasteiger partial charge in [0.1, 0.15) is 0 Å². The Morgan fingerprint density at radius 2 is 2.11 bits per heavy atom. The SMILES string of the molecule is CC(I)NC(=O)C(=O)O. The van der Waals surface area contributed by atoms with Crippen molar-refractivity contribution in [2.75, 3.05) is 0 Å². The van der Waals surface area contributed by atoms with Crippen molar-refractivity contribution in [3.63, 3.8) is 0 Å². The van der Waals surface area contributed by atoms with Gasteiger partial charge in [-0.25, -0.2) is 4.79 Å². The Bertz CT molecular complexity index is 134. The maximum Gasteiger partial charge on any atom is 0.394 e. The van der Waals surface area contributed by atoms with Crippen LogP contribution in [-0.4, -0.2) is 21.0 Å². The van der Waals surface area contributed by atoms with Gasteiger partial charge in [-0.2, -0.15) is 0 Å². The summed E-state index contributed by atoms with van der Waals surface area (Å²) in [7, 11) is 0. The van der Waals surface area contributed by atoms with E-state index in [0.29, 0.717) is 0 Å². The Morgan fingerprint density at radius 3 is 2.22 bits per heavy atom. The molecule has 0 radical (unpaired) electrons. The molecule has 0 aliphatic heterocycles. The van der Waals surface area contributed by atoms with Gasteiger partial charge in [-0.3, -0.25) is 4.79 Å². The highest BCUT2D eigenvalue weighted by atomic mass is 127. The van der Waals surface area contributed by atoms with Crippen LogP contribution >= 0.6 is 22.6 Å². The molecule has 0 bridgehead atoms. The average Bonchev–Trinajstić information content (AvgIpc) is 1.63. The first-order valence-corrected chi connectivity index (χ1v) is 3.46. The second-order valence-corrected chi connectivity index (χ2v) is 3.26. The Morgan fingerprint density at radius 1 is 1.67 bits per heavy atom. The Kier molecular flexibility index (Phi) is 3.52. The van der Waals surface area contributed by atoms with Crippen LogP contribution in [0.3, 0.4) is 0 Å². The summed E-state index contributed by atoms with van der Waals surface area (Å²) in [5.41, 5.74) is 0. The minimum atomic E-state index is -1.45. The number of carbonyl (C=O) groups is 2. The number of hydrogen-bond donors (Lipinski definition) is 2. The molecule has 0 saturated carbocycles. The first kappa shape index (κ1) is 8.67. The van der Waals surface area contributed by atoms with E-state index in [1.165, 1.54) is 0 Å². The summed E-state index contributed by atoms with van der Waals surface area (Å²) in [6.07, 6.45) is 0. The Balaban J connectivity index is 3.65. The standard InChI is InChI=1S/C4H6INO3/c1-2(5)6-3(7)4(8)9/h2H,1H3,(H,6,7)(H,8,9). The van der Waals surface area contributed by atoms with Gasteiger partial charge in [0.25, 0.3) is 0 Å². The lowest BCUT2D eigenvalue weighted by Gasteiger charge is -2.01. The summed E-state index contributed by atoms with van der Waals surface area (Å²) in [5.74, 6) is -2.41. The van der Waals surface area contributed by atoms with E-state index in [1.54, 1.807) is 6.92 Å². The molecule has 52 valence electrons. The number of nitrogens with one attached hydrogen (secondary N) is 1. The predicted octanol–water partition coefficient (Wildman–Crippen LogP) is -0.0318. The maximum absolute atomic E-state index is 10.2. The lowest BCUT2D eigenvalue weighted by Crippen LogP contribution is -2.34. The number of rotatable bonds is 1. The molecule has 1 unspecified atom stereocenters. The van der Waals surface area contributed by atoms with Gasteiger partial charge in [-0.05, 0) is 6.92 Å². The molecular formula is C4H6INO3. The fourth-order valence-corrected chi connectivity index (χ4v) is 0.525. The highest BCUT2D eigenvalue weighted by molar-refractivity contribution is 14.1.